The molecule has 2 saturated heterocycles. The van der Waals surface area contributed by atoms with E-state index in [1.54, 1.807) is 0 Å². The molecule has 3 aliphatic rings. The minimum Gasteiger partial charge on any atom is -0.380 e. The number of nitrogens with one attached hydrogen (secondary N) is 1. The summed E-state index contributed by atoms with van der Waals surface area (Å²) < 4.78 is 5.41. The van der Waals surface area contributed by atoms with Gasteiger partial charge in [-0.1, -0.05) is 70.4 Å². The van der Waals surface area contributed by atoms with Crippen LogP contribution in [0.4, 0.5) is 0 Å². The van der Waals surface area contributed by atoms with Crippen molar-refractivity contribution < 1.29 is 4.74 Å². The number of hydrogen-bond donors (Lipinski definition) is 2. The van der Waals surface area contributed by atoms with E-state index in [1.165, 1.54) is 36.1 Å². The fourth-order valence-electron chi connectivity index (χ4n) is 6.72. The number of ether oxygens (including phenoxy) is 1. The van der Waals surface area contributed by atoms with Crippen molar-refractivity contribution >= 4 is 11.0 Å². The van der Waals surface area contributed by atoms with Gasteiger partial charge in [0.15, 0.2) is 0 Å². The van der Waals surface area contributed by atoms with Crippen molar-refractivity contribution in [2.75, 3.05) is 32.8 Å². The molecule has 5 rings (SSSR count). The van der Waals surface area contributed by atoms with Crippen molar-refractivity contribution in [1.82, 2.24) is 19.8 Å². The average molecular weight is 588 g/mol. The van der Waals surface area contributed by atoms with Crippen molar-refractivity contribution in [2.24, 2.45) is 17.1 Å². The Morgan fingerprint density at radius 2 is 2.00 bits per heavy atom. The predicted molar refractivity (Wildman–Crippen MR) is 184 cm³/mol. The maximum Gasteiger partial charge on any atom is 0.109 e. The van der Waals surface area contributed by atoms with Gasteiger partial charge in [-0.3, -0.25) is 4.90 Å². The van der Waals surface area contributed by atoms with E-state index in [-0.39, 0.29) is 6.17 Å². The molecule has 0 radical (unpaired) electrons. The molecule has 43 heavy (non-hydrogen) atoms. The zero-order valence-corrected chi connectivity index (χ0v) is 27.6. The highest BCUT2D eigenvalue weighted by atomic mass is 16.5. The largest absolute Gasteiger partial charge is 0.380 e. The van der Waals surface area contributed by atoms with Gasteiger partial charge in [-0.05, 0) is 69.2 Å². The highest BCUT2D eigenvalue weighted by Crippen LogP contribution is 2.51. The summed E-state index contributed by atoms with van der Waals surface area (Å²) >= 11 is 0. The first-order chi connectivity index (χ1) is 20.7. The summed E-state index contributed by atoms with van der Waals surface area (Å²) in [6.45, 7) is 30.2. The Morgan fingerprint density at radius 3 is 2.56 bits per heavy atom. The van der Waals surface area contributed by atoms with E-state index in [2.05, 4.69) is 110 Å². The van der Waals surface area contributed by atoms with Crippen LogP contribution in [0.15, 0.2) is 80.1 Å². The SMILES string of the molecule is C=C.C=C/C(=C\C=C/C)C1CCCN1C(=C)CC(N)N(CC)CC1CC2(COC2)C1.Cc1cccc2[nH]c(C(C)C)nc12. The van der Waals surface area contributed by atoms with Crippen molar-refractivity contribution in [3.05, 3.63) is 91.5 Å². The van der Waals surface area contributed by atoms with Crippen LogP contribution in [0.1, 0.15) is 77.1 Å². The standard InChI is InChI=1S/C24H39N3O.C11H14N2.C2H4/c1-5-8-10-21(6-2)22-11-9-12-27(22)19(4)13-23(25)26(7-3)16-20-14-24(15-20)17-28-18-24;1-7(2)11-12-9-6-4-5-8(3)10(9)13-11;1-2/h5-6,8,10,20,22-23H,2,4,7,9,11-18,25H2,1,3H3;4-7H,1-3H3,(H,12,13);1-2H2/b8-5-,21-10+;;. The van der Waals surface area contributed by atoms with E-state index in [9.17, 15) is 0 Å². The van der Waals surface area contributed by atoms with Crippen molar-refractivity contribution in [3.8, 4) is 0 Å². The number of aryl methyl sites for hydroxylation is 1. The molecule has 2 atom stereocenters. The third-order valence-corrected chi connectivity index (χ3v) is 9.11. The fraction of sp³-hybridized carbons (Fsp3) is 0.541. The Morgan fingerprint density at radius 1 is 1.28 bits per heavy atom. The zero-order chi connectivity index (χ0) is 31.6. The van der Waals surface area contributed by atoms with E-state index in [4.69, 9.17) is 10.5 Å². The van der Waals surface area contributed by atoms with Crippen LogP contribution in [0.2, 0.25) is 0 Å². The number of H-pyrrole nitrogens is 1. The van der Waals surface area contributed by atoms with Crippen LogP contribution in [-0.2, 0) is 4.74 Å². The number of hydrogen-bond acceptors (Lipinski definition) is 5. The molecule has 3 fully saturated rings. The number of allylic oxidation sites excluding steroid dienone is 3. The number of nitrogens with two attached hydrogens (primary N) is 1. The van der Waals surface area contributed by atoms with Gasteiger partial charge in [0.25, 0.3) is 0 Å². The van der Waals surface area contributed by atoms with Gasteiger partial charge < -0.3 is 20.4 Å². The first kappa shape index (κ1) is 34.6. The first-order valence-corrected chi connectivity index (χ1v) is 16.1. The van der Waals surface area contributed by atoms with Crippen LogP contribution in [0.25, 0.3) is 11.0 Å². The van der Waals surface area contributed by atoms with Crippen molar-refractivity contribution in [3.63, 3.8) is 0 Å². The third-order valence-electron chi connectivity index (χ3n) is 9.11. The molecule has 2 unspecified atom stereocenters. The van der Waals surface area contributed by atoms with Gasteiger partial charge in [0, 0.05) is 36.5 Å². The maximum absolute atomic E-state index is 6.64. The van der Waals surface area contributed by atoms with Crippen LogP contribution >= 0.6 is 0 Å². The lowest BCUT2D eigenvalue weighted by molar-refractivity contribution is -0.182. The summed E-state index contributed by atoms with van der Waals surface area (Å²) in [5, 5.41) is 0. The second-order valence-electron chi connectivity index (χ2n) is 12.7. The van der Waals surface area contributed by atoms with Crippen LogP contribution in [0.3, 0.4) is 0 Å². The van der Waals surface area contributed by atoms with Gasteiger partial charge in [0.05, 0.1) is 36.5 Å². The number of imidazole rings is 1. The first-order valence-electron chi connectivity index (χ1n) is 16.1. The van der Waals surface area contributed by atoms with E-state index < -0.39 is 0 Å². The van der Waals surface area contributed by atoms with Gasteiger partial charge in [-0.2, -0.15) is 0 Å². The summed E-state index contributed by atoms with van der Waals surface area (Å²) in [5.41, 5.74) is 13.1. The number of fused-ring (bicyclic) bond motifs is 1. The van der Waals surface area contributed by atoms with E-state index in [0.29, 0.717) is 17.4 Å². The van der Waals surface area contributed by atoms with Crippen LogP contribution in [0, 0.1) is 18.3 Å². The van der Waals surface area contributed by atoms with Crippen molar-refractivity contribution in [2.45, 2.75) is 84.8 Å². The summed E-state index contributed by atoms with van der Waals surface area (Å²) in [6.07, 6.45) is 14.2. The van der Waals surface area contributed by atoms with Crippen LogP contribution in [0.5, 0.6) is 0 Å². The highest BCUT2D eigenvalue weighted by molar-refractivity contribution is 5.78. The number of aromatic amines is 1. The monoisotopic (exact) mass is 587 g/mol. The second kappa shape index (κ2) is 16.2. The number of benzene rings is 1. The second-order valence-corrected chi connectivity index (χ2v) is 12.7. The number of para-hydroxylation sites is 1. The van der Waals surface area contributed by atoms with Gasteiger partial charge in [-0.25, -0.2) is 4.98 Å². The minimum absolute atomic E-state index is 0.0413. The summed E-state index contributed by atoms with van der Waals surface area (Å²) in [5.74, 6) is 2.31. The topological polar surface area (TPSA) is 70.4 Å². The van der Waals surface area contributed by atoms with Crippen LogP contribution in [-0.4, -0.2) is 64.8 Å². The van der Waals surface area contributed by atoms with Gasteiger partial charge in [-0.15, -0.1) is 13.2 Å². The average Bonchev–Trinajstić information content (AvgIpc) is 3.62. The molecule has 1 spiro atoms. The molecule has 1 saturated carbocycles. The van der Waals surface area contributed by atoms with Gasteiger partial charge >= 0.3 is 0 Å². The highest BCUT2D eigenvalue weighted by Gasteiger charge is 2.49. The smallest absolute Gasteiger partial charge is 0.109 e. The zero-order valence-electron chi connectivity index (χ0n) is 27.6. The molecule has 0 bridgehead atoms. The normalized spacial score (nSPS) is 20.4. The molecule has 6 nitrogen and oxygen atoms in total. The maximum atomic E-state index is 6.64. The molecular formula is C37H57N5O. The quantitative estimate of drug-likeness (QED) is 0.159. The summed E-state index contributed by atoms with van der Waals surface area (Å²) in [4.78, 5) is 12.8. The van der Waals surface area contributed by atoms with Crippen molar-refractivity contribution in [1.29, 1.82) is 0 Å². The summed E-state index contributed by atoms with van der Waals surface area (Å²) in [6, 6.07) is 6.60. The lowest BCUT2D eigenvalue weighted by Gasteiger charge is -2.54. The Hall–Kier alpha value is -2.93. The summed E-state index contributed by atoms with van der Waals surface area (Å²) in [7, 11) is 0. The van der Waals surface area contributed by atoms with E-state index in [0.717, 1.165) is 68.5 Å². The molecule has 3 N–H and O–H groups in total. The van der Waals surface area contributed by atoms with Gasteiger partial charge in [0.1, 0.15) is 5.82 Å². The van der Waals surface area contributed by atoms with Gasteiger partial charge in [0.2, 0.25) is 0 Å². The molecule has 1 aromatic carbocycles. The molecule has 2 aromatic rings. The van der Waals surface area contributed by atoms with Crippen LogP contribution < -0.4 is 5.73 Å². The number of nitrogens with zero attached hydrogens (tertiary/aromatic N) is 3. The lowest BCUT2D eigenvalue weighted by atomic mass is 9.60. The Kier molecular flexibility index (Phi) is 13.0. The third kappa shape index (κ3) is 8.59. The molecule has 1 aromatic heterocycles. The number of likely N-dealkylation sites (tertiary alicyclic amines) is 1. The minimum atomic E-state index is 0.0413. The Balaban J connectivity index is 0.000000280. The Labute approximate surface area is 261 Å². The van der Waals surface area contributed by atoms with E-state index in [1.807, 2.05) is 13.0 Å². The number of aromatic nitrogens is 2. The molecule has 236 valence electrons. The molecule has 0 amide bonds. The number of rotatable bonds is 11. The molecule has 2 aliphatic heterocycles. The molecule has 6 heteroatoms. The van der Waals surface area contributed by atoms with E-state index >= 15 is 0 Å². The molecule has 3 heterocycles. The molecule has 1 aliphatic carbocycles. The predicted octanol–water partition coefficient (Wildman–Crippen LogP) is 7.87. The lowest BCUT2D eigenvalue weighted by Crippen LogP contribution is -2.56. The fourth-order valence-corrected chi connectivity index (χ4v) is 6.72. The molecular weight excluding hydrogens is 530 g/mol. The Bertz CT molecular complexity index is 1240.